The summed E-state index contributed by atoms with van der Waals surface area (Å²) in [5.74, 6) is 0.1000. The van der Waals surface area contributed by atoms with Crippen molar-refractivity contribution >= 4 is 5.97 Å². The summed E-state index contributed by atoms with van der Waals surface area (Å²) in [5.41, 5.74) is 3.70. The monoisotopic (exact) mass is 329 g/mol. The molecule has 0 fully saturated rings. The first-order valence-corrected chi connectivity index (χ1v) is 8.46. The number of hydrogen-bond donors (Lipinski definition) is 0. The average Bonchev–Trinajstić information content (AvgIpc) is 2.93. The van der Waals surface area contributed by atoms with Gasteiger partial charge in [-0.25, -0.2) is 9.48 Å². The molecule has 3 heterocycles. The minimum atomic E-state index is -0.401. The van der Waals surface area contributed by atoms with E-state index < -0.39 is 5.97 Å². The van der Waals surface area contributed by atoms with Gasteiger partial charge in [0.15, 0.2) is 0 Å². The van der Waals surface area contributed by atoms with Crippen molar-refractivity contribution in [2.24, 2.45) is 0 Å². The van der Waals surface area contributed by atoms with Crippen LogP contribution in [0, 0.1) is 6.92 Å². The van der Waals surface area contributed by atoms with Crippen LogP contribution in [0.1, 0.15) is 48.9 Å². The van der Waals surface area contributed by atoms with E-state index in [1.165, 1.54) is 0 Å². The largest absolute Gasteiger partial charge is 0.474 e. The quantitative estimate of drug-likeness (QED) is 0.806. The van der Waals surface area contributed by atoms with Crippen LogP contribution in [0.5, 0.6) is 5.88 Å². The van der Waals surface area contributed by atoms with E-state index in [2.05, 4.69) is 17.0 Å². The second-order valence-corrected chi connectivity index (χ2v) is 5.98. The lowest BCUT2D eigenvalue weighted by molar-refractivity contribution is 0.0515. The lowest BCUT2D eigenvalue weighted by Crippen LogP contribution is -2.24. The lowest BCUT2D eigenvalue weighted by atomic mass is 10.1. The topological polar surface area (TPSA) is 66.2 Å². The van der Waals surface area contributed by atoms with Gasteiger partial charge in [-0.15, -0.1) is 0 Å². The van der Waals surface area contributed by atoms with Gasteiger partial charge in [-0.05, 0) is 39.3 Å². The standard InChI is InChI=1S/C18H23N3O3/c1-5-13-7-8-14(12(4)19-13)16-15(18(22)23-6-2)17-21(20-16)10-9-11(3)24-17/h7-8,11H,5-6,9-10H2,1-4H3/t11-/m1/s1. The molecule has 0 unspecified atom stereocenters. The van der Waals surface area contributed by atoms with Crippen LogP contribution < -0.4 is 4.74 Å². The Morgan fingerprint density at radius 1 is 1.42 bits per heavy atom. The van der Waals surface area contributed by atoms with Crippen molar-refractivity contribution in [1.82, 2.24) is 14.8 Å². The second kappa shape index (κ2) is 6.63. The van der Waals surface area contributed by atoms with Gasteiger partial charge in [0.2, 0.25) is 5.88 Å². The van der Waals surface area contributed by atoms with Crippen LogP contribution in [0.2, 0.25) is 0 Å². The maximum atomic E-state index is 12.5. The first-order chi connectivity index (χ1) is 11.5. The van der Waals surface area contributed by atoms with Crippen molar-refractivity contribution in [2.75, 3.05) is 6.61 Å². The van der Waals surface area contributed by atoms with E-state index in [0.29, 0.717) is 23.7 Å². The Hall–Kier alpha value is -2.37. The lowest BCUT2D eigenvalue weighted by Gasteiger charge is -2.21. The number of nitrogens with zero attached hydrogens (tertiary/aromatic N) is 3. The van der Waals surface area contributed by atoms with Crippen LogP contribution in [-0.4, -0.2) is 33.4 Å². The Labute approximate surface area is 141 Å². The number of pyridine rings is 1. The van der Waals surface area contributed by atoms with Gasteiger partial charge >= 0.3 is 5.97 Å². The number of carbonyl (C=O) groups excluding carboxylic acids is 1. The molecular formula is C18H23N3O3. The molecule has 1 aliphatic heterocycles. The number of esters is 1. The molecule has 0 N–H and O–H groups in total. The molecule has 2 aromatic heterocycles. The molecule has 128 valence electrons. The van der Waals surface area contributed by atoms with E-state index in [9.17, 15) is 4.79 Å². The summed E-state index contributed by atoms with van der Waals surface area (Å²) in [6.45, 7) is 8.82. The Morgan fingerprint density at radius 2 is 2.21 bits per heavy atom. The van der Waals surface area contributed by atoms with E-state index in [4.69, 9.17) is 9.47 Å². The van der Waals surface area contributed by atoms with Crippen molar-refractivity contribution in [3.8, 4) is 17.1 Å². The summed E-state index contributed by atoms with van der Waals surface area (Å²) in [6, 6.07) is 3.95. The molecule has 0 spiro atoms. The fourth-order valence-corrected chi connectivity index (χ4v) is 2.91. The zero-order valence-corrected chi connectivity index (χ0v) is 14.6. The fourth-order valence-electron chi connectivity index (χ4n) is 2.91. The summed E-state index contributed by atoms with van der Waals surface area (Å²) in [7, 11) is 0. The smallest absolute Gasteiger partial charge is 0.345 e. The molecule has 6 nitrogen and oxygen atoms in total. The average molecular weight is 329 g/mol. The Bertz CT molecular complexity index is 767. The van der Waals surface area contributed by atoms with E-state index in [1.807, 2.05) is 26.0 Å². The highest BCUT2D eigenvalue weighted by molar-refractivity contribution is 5.99. The van der Waals surface area contributed by atoms with Crippen molar-refractivity contribution in [3.63, 3.8) is 0 Å². The maximum absolute atomic E-state index is 12.5. The van der Waals surface area contributed by atoms with Gasteiger partial charge in [0.1, 0.15) is 11.3 Å². The number of hydrogen-bond acceptors (Lipinski definition) is 5. The molecular weight excluding hydrogens is 306 g/mol. The molecule has 1 aliphatic rings. The fraction of sp³-hybridized carbons (Fsp3) is 0.500. The SMILES string of the molecule is CCOC(=O)c1c(-c2ccc(CC)nc2C)nn2c1O[C@H](C)CC2. The van der Waals surface area contributed by atoms with E-state index in [0.717, 1.165) is 36.3 Å². The summed E-state index contributed by atoms with van der Waals surface area (Å²) < 4.78 is 12.9. The second-order valence-electron chi connectivity index (χ2n) is 5.98. The zero-order valence-electron chi connectivity index (χ0n) is 14.6. The molecule has 0 aromatic carbocycles. The number of rotatable bonds is 4. The van der Waals surface area contributed by atoms with E-state index >= 15 is 0 Å². The van der Waals surface area contributed by atoms with Crippen LogP contribution in [-0.2, 0) is 17.7 Å². The third-order valence-corrected chi connectivity index (χ3v) is 4.21. The van der Waals surface area contributed by atoms with Crippen molar-refractivity contribution in [3.05, 3.63) is 29.1 Å². The van der Waals surface area contributed by atoms with Gasteiger partial charge in [-0.3, -0.25) is 4.98 Å². The number of ether oxygens (including phenoxy) is 2. The predicted molar refractivity (Wildman–Crippen MR) is 90.2 cm³/mol. The minimum Gasteiger partial charge on any atom is -0.474 e. The Balaban J connectivity index is 2.15. The van der Waals surface area contributed by atoms with Gasteiger partial charge in [-0.1, -0.05) is 6.92 Å². The Kier molecular flexibility index (Phi) is 4.55. The van der Waals surface area contributed by atoms with Crippen molar-refractivity contribution < 1.29 is 14.3 Å². The third-order valence-electron chi connectivity index (χ3n) is 4.21. The van der Waals surface area contributed by atoms with Crippen molar-refractivity contribution in [1.29, 1.82) is 0 Å². The van der Waals surface area contributed by atoms with Gasteiger partial charge in [0.05, 0.1) is 12.7 Å². The summed E-state index contributed by atoms with van der Waals surface area (Å²) in [4.78, 5) is 17.1. The summed E-state index contributed by atoms with van der Waals surface area (Å²) in [5, 5.41) is 4.63. The number of fused-ring (bicyclic) bond motifs is 1. The molecule has 3 rings (SSSR count). The molecule has 6 heteroatoms. The van der Waals surface area contributed by atoms with Gasteiger partial charge in [-0.2, -0.15) is 5.10 Å². The van der Waals surface area contributed by atoms with Gasteiger partial charge in [0.25, 0.3) is 0 Å². The van der Waals surface area contributed by atoms with Gasteiger partial charge < -0.3 is 9.47 Å². The number of carbonyl (C=O) groups is 1. The highest BCUT2D eigenvalue weighted by Gasteiger charge is 2.31. The molecule has 0 saturated carbocycles. The summed E-state index contributed by atoms with van der Waals surface area (Å²) >= 11 is 0. The van der Waals surface area contributed by atoms with Gasteiger partial charge in [0, 0.05) is 29.9 Å². The van der Waals surface area contributed by atoms with Crippen LogP contribution in [0.4, 0.5) is 0 Å². The normalized spacial score (nSPS) is 16.4. The molecule has 0 aliphatic carbocycles. The van der Waals surface area contributed by atoms with Crippen LogP contribution in [0.25, 0.3) is 11.3 Å². The molecule has 0 saturated heterocycles. The molecule has 2 aromatic rings. The van der Waals surface area contributed by atoms with Crippen molar-refractivity contribution in [2.45, 2.75) is 53.2 Å². The van der Waals surface area contributed by atoms with E-state index in [1.54, 1.807) is 11.6 Å². The first-order valence-electron chi connectivity index (χ1n) is 8.46. The molecule has 0 amide bonds. The van der Waals surface area contributed by atoms with Crippen LogP contribution in [0.15, 0.2) is 12.1 Å². The molecule has 0 radical (unpaired) electrons. The molecule has 24 heavy (non-hydrogen) atoms. The molecule has 0 bridgehead atoms. The highest BCUT2D eigenvalue weighted by Crippen LogP contribution is 2.35. The van der Waals surface area contributed by atoms with E-state index in [-0.39, 0.29) is 6.10 Å². The zero-order chi connectivity index (χ0) is 17.3. The van der Waals surface area contributed by atoms with Crippen LogP contribution in [0.3, 0.4) is 0 Å². The van der Waals surface area contributed by atoms with Crippen LogP contribution >= 0.6 is 0 Å². The maximum Gasteiger partial charge on any atom is 0.345 e. The first kappa shape index (κ1) is 16.5. The molecule has 1 atom stereocenters. The number of aryl methyl sites for hydroxylation is 3. The Morgan fingerprint density at radius 3 is 2.88 bits per heavy atom. The predicted octanol–water partition coefficient (Wildman–Crippen LogP) is 3.16. The third kappa shape index (κ3) is 2.88. The summed E-state index contributed by atoms with van der Waals surface area (Å²) in [6.07, 6.45) is 1.78. The minimum absolute atomic E-state index is 0.0527. The highest BCUT2D eigenvalue weighted by atomic mass is 16.5. The number of aromatic nitrogens is 3.